The van der Waals surface area contributed by atoms with Crippen molar-refractivity contribution < 1.29 is 14.3 Å². The maximum absolute atomic E-state index is 13.0. The van der Waals surface area contributed by atoms with Gasteiger partial charge in [-0.2, -0.15) is 0 Å². The molecule has 7 heteroatoms. The molecule has 0 unspecified atom stereocenters. The number of hydrogen-bond donors (Lipinski definition) is 1. The molecule has 0 bridgehead atoms. The molecule has 7 nitrogen and oxygen atoms in total. The van der Waals surface area contributed by atoms with E-state index in [-0.39, 0.29) is 25.0 Å². The zero-order chi connectivity index (χ0) is 24.5. The maximum Gasteiger partial charge on any atom is 0.257 e. The van der Waals surface area contributed by atoms with Crippen molar-refractivity contribution in [2.75, 3.05) is 26.2 Å². The largest absolute Gasteiger partial charge is 0.483 e. The Balaban J connectivity index is 1.63. The van der Waals surface area contributed by atoms with Gasteiger partial charge in [0, 0.05) is 26.1 Å². The average Bonchev–Trinajstić information content (AvgIpc) is 3.16. The first-order valence-electron chi connectivity index (χ1n) is 12.1. The van der Waals surface area contributed by atoms with Crippen LogP contribution in [0, 0.1) is 13.8 Å². The van der Waals surface area contributed by atoms with Crippen molar-refractivity contribution in [2.24, 2.45) is 0 Å². The first kappa shape index (κ1) is 25.3. The predicted octanol–water partition coefficient (Wildman–Crippen LogP) is 4.04. The van der Waals surface area contributed by atoms with Crippen LogP contribution in [0.25, 0.3) is 11.0 Å². The van der Waals surface area contributed by atoms with Crippen LogP contribution in [0.5, 0.6) is 5.75 Å². The van der Waals surface area contributed by atoms with Gasteiger partial charge < -0.3 is 19.5 Å². The number of rotatable bonds is 12. The second kappa shape index (κ2) is 12.2. The highest BCUT2D eigenvalue weighted by molar-refractivity contribution is 5.81. The lowest BCUT2D eigenvalue weighted by atomic mass is 10.1. The van der Waals surface area contributed by atoms with Gasteiger partial charge in [-0.3, -0.25) is 9.59 Å². The van der Waals surface area contributed by atoms with Crippen molar-refractivity contribution in [3.05, 3.63) is 59.4 Å². The molecule has 2 aromatic carbocycles. The summed E-state index contributed by atoms with van der Waals surface area (Å²) in [5.41, 5.74) is 3.87. The summed E-state index contributed by atoms with van der Waals surface area (Å²) < 4.78 is 7.68. The summed E-state index contributed by atoms with van der Waals surface area (Å²) in [5, 5.41) is 2.91. The van der Waals surface area contributed by atoms with E-state index in [4.69, 9.17) is 9.72 Å². The smallest absolute Gasteiger partial charge is 0.257 e. The number of aryl methyl sites for hydroxylation is 2. The predicted molar refractivity (Wildman–Crippen MR) is 135 cm³/mol. The minimum Gasteiger partial charge on any atom is -0.483 e. The summed E-state index contributed by atoms with van der Waals surface area (Å²) in [7, 11) is 0. The van der Waals surface area contributed by atoms with Gasteiger partial charge in [-0.1, -0.05) is 38.1 Å². The minimum atomic E-state index is -0.184. The molecule has 0 aliphatic heterocycles. The second-order valence-corrected chi connectivity index (χ2v) is 8.64. The number of para-hydroxylation sites is 2. The number of imidazole rings is 1. The molecule has 0 radical (unpaired) electrons. The van der Waals surface area contributed by atoms with E-state index in [2.05, 4.69) is 19.2 Å². The summed E-state index contributed by atoms with van der Waals surface area (Å²) >= 11 is 0. The highest BCUT2D eigenvalue weighted by Gasteiger charge is 2.17. The van der Waals surface area contributed by atoms with E-state index in [1.165, 1.54) is 0 Å². The lowest BCUT2D eigenvalue weighted by Crippen LogP contribution is -2.36. The number of nitrogens with zero attached hydrogens (tertiary/aromatic N) is 3. The molecule has 1 N–H and O–H groups in total. The van der Waals surface area contributed by atoms with Gasteiger partial charge in [0.05, 0.1) is 11.0 Å². The Labute approximate surface area is 202 Å². The Morgan fingerprint density at radius 1 is 1.06 bits per heavy atom. The lowest BCUT2D eigenvalue weighted by Gasteiger charge is -2.22. The van der Waals surface area contributed by atoms with E-state index >= 15 is 0 Å². The first-order valence-corrected chi connectivity index (χ1v) is 12.1. The Kier molecular flexibility index (Phi) is 9.08. The Bertz CT molecular complexity index is 1120. The summed E-state index contributed by atoms with van der Waals surface area (Å²) in [6.45, 7) is 10.3. The van der Waals surface area contributed by atoms with Crippen molar-refractivity contribution in [3.8, 4) is 5.75 Å². The van der Waals surface area contributed by atoms with Gasteiger partial charge in [0.25, 0.3) is 5.91 Å². The quantitative estimate of drug-likeness (QED) is 0.439. The highest BCUT2D eigenvalue weighted by Crippen LogP contribution is 2.19. The van der Waals surface area contributed by atoms with Crippen LogP contribution in [0.15, 0.2) is 42.5 Å². The van der Waals surface area contributed by atoms with Gasteiger partial charge in [0.15, 0.2) is 6.61 Å². The van der Waals surface area contributed by atoms with Crippen LogP contribution in [0.1, 0.15) is 43.6 Å². The van der Waals surface area contributed by atoms with Crippen molar-refractivity contribution in [2.45, 2.75) is 53.5 Å². The molecule has 0 saturated heterocycles. The molecule has 0 aliphatic carbocycles. The third-order valence-electron chi connectivity index (χ3n) is 5.74. The van der Waals surface area contributed by atoms with Crippen LogP contribution < -0.4 is 10.1 Å². The Morgan fingerprint density at radius 2 is 1.79 bits per heavy atom. The molecular weight excluding hydrogens is 428 g/mol. The number of ether oxygens (including phenoxy) is 1. The number of aromatic nitrogens is 2. The van der Waals surface area contributed by atoms with Crippen molar-refractivity contribution in [3.63, 3.8) is 0 Å². The normalized spacial score (nSPS) is 10.9. The fourth-order valence-electron chi connectivity index (χ4n) is 4.00. The van der Waals surface area contributed by atoms with Gasteiger partial charge in [-0.25, -0.2) is 4.98 Å². The molecule has 3 aromatic rings. The molecule has 0 saturated carbocycles. The van der Waals surface area contributed by atoms with Crippen molar-refractivity contribution >= 4 is 22.8 Å². The standard InChI is InChI=1S/C27H36N4O3/c1-5-15-30(16-6-2)27(33)18-31-23-10-8-7-9-22(23)29-25(31)13-14-28-26(32)19-34-24-17-20(3)11-12-21(24)4/h7-12,17H,5-6,13-16,18-19H2,1-4H3,(H,28,32). The van der Waals surface area contributed by atoms with Crippen LogP contribution >= 0.6 is 0 Å². The fourth-order valence-corrected chi connectivity index (χ4v) is 4.00. The van der Waals surface area contributed by atoms with Crippen molar-refractivity contribution in [1.29, 1.82) is 0 Å². The molecule has 34 heavy (non-hydrogen) atoms. The van der Waals surface area contributed by atoms with E-state index in [1.54, 1.807) is 0 Å². The zero-order valence-corrected chi connectivity index (χ0v) is 20.8. The topological polar surface area (TPSA) is 76.5 Å². The molecule has 0 spiro atoms. The molecule has 3 rings (SSSR count). The highest BCUT2D eigenvalue weighted by atomic mass is 16.5. The van der Waals surface area contributed by atoms with Crippen molar-refractivity contribution in [1.82, 2.24) is 19.8 Å². The number of nitrogens with one attached hydrogen (secondary N) is 1. The molecule has 0 atom stereocenters. The minimum absolute atomic E-state index is 0.0395. The number of fused-ring (bicyclic) bond motifs is 1. The third kappa shape index (κ3) is 6.59. The van der Waals surface area contributed by atoms with E-state index in [9.17, 15) is 9.59 Å². The van der Waals surface area contributed by atoms with Crippen LogP contribution in [0.2, 0.25) is 0 Å². The zero-order valence-electron chi connectivity index (χ0n) is 20.8. The maximum atomic E-state index is 13.0. The van der Waals surface area contributed by atoms with Crippen LogP contribution in [-0.4, -0.2) is 52.5 Å². The third-order valence-corrected chi connectivity index (χ3v) is 5.74. The summed E-state index contributed by atoms with van der Waals surface area (Å²) in [5.74, 6) is 1.42. The Hall–Kier alpha value is -3.35. The van der Waals surface area contributed by atoms with Crippen LogP contribution in [-0.2, 0) is 22.6 Å². The lowest BCUT2D eigenvalue weighted by molar-refractivity contribution is -0.132. The SMILES string of the molecule is CCCN(CCC)C(=O)Cn1c(CCNC(=O)COc2cc(C)ccc2C)nc2ccccc21. The van der Waals surface area contributed by atoms with Gasteiger partial charge in [-0.05, 0) is 56.0 Å². The molecular formula is C27H36N4O3. The molecule has 1 heterocycles. The van der Waals surface area contributed by atoms with Gasteiger partial charge in [0.2, 0.25) is 5.91 Å². The number of hydrogen-bond acceptors (Lipinski definition) is 4. The second-order valence-electron chi connectivity index (χ2n) is 8.64. The van der Waals surface area contributed by atoms with E-state index < -0.39 is 0 Å². The number of carbonyl (C=O) groups is 2. The van der Waals surface area contributed by atoms with Gasteiger partial charge in [-0.15, -0.1) is 0 Å². The van der Waals surface area contributed by atoms with Gasteiger partial charge in [0.1, 0.15) is 18.1 Å². The first-order chi connectivity index (χ1) is 16.4. The Morgan fingerprint density at radius 3 is 2.53 bits per heavy atom. The molecule has 2 amide bonds. The summed E-state index contributed by atoms with van der Waals surface area (Å²) in [6.07, 6.45) is 2.39. The number of benzene rings is 2. The number of carbonyl (C=O) groups excluding carboxylic acids is 2. The summed E-state index contributed by atoms with van der Waals surface area (Å²) in [6, 6.07) is 13.8. The van der Waals surface area contributed by atoms with Gasteiger partial charge >= 0.3 is 0 Å². The fraction of sp³-hybridized carbons (Fsp3) is 0.444. The van der Waals surface area contributed by atoms with Crippen LogP contribution in [0.3, 0.4) is 0 Å². The molecule has 0 aliphatic rings. The van der Waals surface area contributed by atoms with E-state index in [0.29, 0.717) is 13.0 Å². The average molecular weight is 465 g/mol. The summed E-state index contributed by atoms with van der Waals surface area (Å²) in [4.78, 5) is 32.0. The molecule has 1 aromatic heterocycles. The van der Waals surface area contributed by atoms with E-state index in [0.717, 1.165) is 59.7 Å². The monoisotopic (exact) mass is 464 g/mol. The van der Waals surface area contributed by atoms with Crippen LogP contribution in [0.4, 0.5) is 0 Å². The number of amides is 2. The molecule has 0 fully saturated rings. The van der Waals surface area contributed by atoms with E-state index in [1.807, 2.05) is 65.8 Å². The molecule has 182 valence electrons.